The molecule has 2 aromatic rings. The molecular formula is C13H10Br2OS. The number of alkyl halides is 1. The standard InChI is InChI=1S/C13H10Br2OS/c14-11-3-4-17-13(11)12(15)8-1-2-9-6-16-7-10(9)5-8/h1-5,12H,6-7H2. The Balaban J connectivity index is 1.97. The van der Waals surface area contributed by atoms with Crippen LogP contribution in [-0.4, -0.2) is 0 Å². The summed E-state index contributed by atoms with van der Waals surface area (Å²) in [6.07, 6.45) is 0. The molecule has 0 aliphatic carbocycles. The second kappa shape index (κ2) is 4.84. The zero-order valence-electron chi connectivity index (χ0n) is 8.95. The van der Waals surface area contributed by atoms with Crippen molar-refractivity contribution in [3.05, 3.63) is 55.7 Å². The van der Waals surface area contributed by atoms with Crippen molar-refractivity contribution in [2.45, 2.75) is 18.0 Å². The minimum Gasteiger partial charge on any atom is -0.372 e. The van der Waals surface area contributed by atoms with E-state index in [1.54, 1.807) is 11.3 Å². The number of rotatable bonds is 2. The molecule has 1 unspecified atom stereocenters. The summed E-state index contributed by atoms with van der Waals surface area (Å²) in [6, 6.07) is 8.69. The second-order valence-electron chi connectivity index (χ2n) is 4.02. The number of halogens is 2. The molecule has 1 aliphatic heterocycles. The lowest BCUT2D eigenvalue weighted by molar-refractivity contribution is 0.134. The molecule has 0 saturated carbocycles. The van der Waals surface area contributed by atoms with E-state index in [1.165, 1.54) is 26.0 Å². The van der Waals surface area contributed by atoms with Crippen molar-refractivity contribution in [3.63, 3.8) is 0 Å². The zero-order chi connectivity index (χ0) is 11.8. The van der Waals surface area contributed by atoms with Gasteiger partial charge in [0.25, 0.3) is 0 Å². The van der Waals surface area contributed by atoms with E-state index >= 15 is 0 Å². The van der Waals surface area contributed by atoms with Crippen LogP contribution in [0, 0.1) is 0 Å². The van der Waals surface area contributed by atoms with E-state index in [0.29, 0.717) is 0 Å². The minimum atomic E-state index is 0.253. The first-order chi connectivity index (χ1) is 8.25. The monoisotopic (exact) mass is 372 g/mol. The smallest absolute Gasteiger partial charge is 0.0749 e. The average molecular weight is 374 g/mol. The van der Waals surface area contributed by atoms with Crippen LogP contribution < -0.4 is 0 Å². The molecule has 3 rings (SSSR count). The summed E-state index contributed by atoms with van der Waals surface area (Å²) in [6.45, 7) is 1.50. The van der Waals surface area contributed by atoms with Crippen LogP contribution in [-0.2, 0) is 18.0 Å². The Kier molecular flexibility index (Phi) is 3.39. The molecule has 1 nitrogen and oxygen atoms in total. The molecule has 0 fully saturated rings. The van der Waals surface area contributed by atoms with Crippen molar-refractivity contribution in [1.82, 2.24) is 0 Å². The molecule has 1 aromatic heterocycles. The van der Waals surface area contributed by atoms with Gasteiger partial charge < -0.3 is 4.74 Å². The molecule has 0 saturated heterocycles. The predicted octanol–water partition coefficient (Wildman–Crippen LogP) is 5.03. The summed E-state index contributed by atoms with van der Waals surface area (Å²) in [5.41, 5.74) is 3.93. The van der Waals surface area contributed by atoms with Gasteiger partial charge >= 0.3 is 0 Å². The summed E-state index contributed by atoms with van der Waals surface area (Å²) in [5, 5.41) is 2.10. The molecule has 0 radical (unpaired) electrons. The lowest BCUT2D eigenvalue weighted by Crippen LogP contribution is -1.93. The number of hydrogen-bond acceptors (Lipinski definition) is 2. The quantitative estimate of drug-likeness (QED) is 0.671. The maximum atomic E-state index is 5.44. The topological polar surface area (TPSA) is 9.23 Å². The van der Waals surface area contributed by atoms with Gasteiger partial charge in [-0.25, -0.2) is 0 Å². The van der Waals surface area contributed by atoms with E-state index in [9.17, 15) is 0 Å². The molecule has 1 atom stereocenters. The van der Waals surface area contributed by atoms with E-state index in [4.69, 9.17) is 4.74 Å². The zero-order valence-corrected chi connectivity index (χ0v) is 12.9. The van der Waals surface area contributed by atoms with Crippen LogP contribution in [0.4, 0.5) is 0 Å². The number of benzene rings is 1. The van der Waals surface area contributed by atoms with Crippen molar-refractivity contribution < 1.29 is 4.74 Å². The SMILES string of the molecule is Brc1ccsc1C(Br)c1ccc2c(c1)COC2. The van der Waals surface area contributed by atoms with Gasteiger partial charge in [-0.1, -0.05) is 34.1 Å². The molecule has 0 N–H and O–H groups in total. The van der Waals surface area contributed by atoms with Crippen molar-refractivity contribution in [2.24, 2.45) is 0 Å². The third-order valence-electron chi connectivity index (χ3n) is 2.91. The number of ether oxygens (including phenoxy) is 1. The fourth-order valence-corrected chi connectivity index (χ4v) is 4.75. The van der Waals surface area contributed by atoms with Crippen LogP contribution in [0.25, 0.3) is 0 Å². The van der Waals surface area contributed by atoms with E-state index in [2.05, 4.69) is 61.5 Å². The summed E-state index contributed by atoms with van der Waals surface area (Å²) < 4.78 is 6.61. The second-order valence-corrected chi connectivity index (χ2v) is 6.73. The van der Waals surface area contributed by atoms with Crippen molar-refractivity contribution in [2.75, 3.05) is 0 Å². The predicted molar refractivity (Wildman–Crippen MR) is 77.7 cm³/mol. The molecule has 2 heterocycles. The molecule has 0 amide bonds. The van der Waals surface area contributed by atoms with E-state index in [0.717, 1.165) is 13.2 Å². The third kappa shape index (κ3) is 2.24. The van der Waals surface area contributed by atoms with Crippen molar-refractivity contribution in [1.29, 1.82) is 0 Å². The molecule has 1 aromatic carbocycles. The van der Waals surface area contributed by atoms with Gasteiger partial charge in [-0.3, -0.25) is 0 Å². The Labute approximate surface area is 121 Å². The van der Waals surface area contributed by atoms with Gasteiger partial charge in [0.1, 0.15) is 0 Å². The molecule has 1 aliphatic rings. The minimum absolute atomic E-state index is 0.253. The van der Waals surface area contributed by atoms with Crippen LogP contribution in [0.2, 0.25) is 0 Å². The Morgan fingerprint density at radius 1 is 1.18 bits per heavy atom. The third-order valence-corrected chi connectivity index (χ3v) is 6.14. The fraction of sp³-hybridized carbons (Fsp3) is 0.231. The first-order valence-electron chi connectivity index (χ1n) is 5.32. The number of thiophene rings is 1. The largest absolute Gasteiger partial charge is 0.372 e. The normalized spacial score (nSPS) is 15.9. The van der Waals surface area contributed by atoms with Crippen LogP contribution >= 0.6 is 43.2 Å². The fourth-order valence-electron chi connectivity index (χ4n) is 1.99. The van der Waals surface area contributed by atoms with E-state index < -0.39 is 0 Å². The van der Waals surface area contributed by atoms with Gasteiger partial charge in [0.2, 0.25) is 0 Å². The van der Waals surface area contributed by atoms with Crippen molar-refractivity contribution in [3.8, 4) is 0 Å². The highest BCUT2D eigenvalue weighted by Gasteiger charge is 2.18. The first kappa shape index (κ1) is 11.9. The van der Waals surface area contributed by atoms with Gasteiger partial charge in [-0.15, -0.1) is 11.3 Å². The molecule has 4 heteroatoms. The Hall–Kier alpha value is -0.160. The lowest BCUT2D eigenvalue weighted by atomic mass is 10.0. The highest BCUT2D eigenvalue weighted by molar-refractivity contribution is 9.11. The molecular weight excluding hydrogens is 364 g/mol. The summed E-state index contributed by atoms with van der Waals surface area (Å²) in [7, 11) is 0. The highest BCUT2D eigenvalue weighted by atomic mass is 79.9. The van der Waals surface area contributed by atoms with Crippen LogP contribution in [0.5, 0.6) is 0 Å². The highest BCUT2D eigenvalue weighted by Crippen LogP contribution is 2.39. The summed E-state index contributed by atoms with van der Waals surface area (Å²) in [5.74, 6) is 0. The van der Waals surface area contributed by atoms with Gasteiger partial charge in [0, 0.05) is 9.35 Å². The van der Waals surface area contributed by atoms with Crippen molar-refractivity contribution >= 4 is 43.2 Å². The average Bonchev–Trinajstić information content (AvgIpc) is 2.95. The molecule has 0 spiro atoms. The van der Waals surface area contributed by atoms with Gasteiger partial charge in [-0.2, -0.15) is 0 Å². The molecule has 88 valence electrons. The Morgan fingerprint density at radius 3 is 2.76 bits per heavy atom. The van der Waals surface area contributed by atoms with Crippen LogP contribution in [0.15, 0.2) is 34.1 Å². The summed E-state index contributed by atoms with van der Waals surface area (Å²) >= 11 is 9.12. The maximum Gasteiger partial charge on any atom is 0.0749 e. The van der Waals surface area contributed by atoms with Crippen LogP contribution in [0.3, 0.4) is 0 Å². The lowest BCUT2D eigenvalue weighted by Gasteiger charge is -2.10. The molecule has 0 bridgehead atoms. The van der Waals surface area contributed by atoms with Crippen LogP contribution in [0.1, 0.15) is 26.4 Å². The van der Waals surface area contributed by atoms with Gasteiger partial charge in [-0.05, 0) is 44.1 Å². The Morgan fingerprint density at radius 2 is 2.00 bits per heavy atom. The van der Waals surface area contributed by atoms with Gasteiger partial charge in [0.05, 0.1) is 18.0 Å². The number of hydrogen-bond donors (Lipinski definition) is 0. The Bertz CT molecular complexity index is 550. The van der Waals surface area contributed by atoms with E-state index in [1.807, 2.05) is 0 Å². The van der Waals surface area contributed by atoms with E-state index in [-0.39, 0.29) is 4.83 Å². The first-order valence-corrected chi connectivity index (χ1v) is 7.91. The van der Waals surface area contributed by atoms with Gasteiger partial charge in [0.15, 0.2) is 0 Å². The number of fused-ring (bicyclic) bond motifs is 1. The molecule has 17 heavy (non-hydrogen) atoms. The maximum absolute atomic E-state index is 5.44. The summed E-state index contributed by atoms with van der Waals surface area (Å²) in [4.78, 5) is 1.56.